The van der Waals surface area contributed by atoms with Crippen molar-refractivity contribution >= 4 is 11.8 Å². The molecule has 33 heavy (non-hydrogen) atoms. The van der Waals surface area contributed by atoms with Crippen molar-refractivity contribution < 1.29 is 9.47 Å². The molecule has 0 heterocycles. The van der Waals surface area contributed by atoms with E-state index in [0.29, 0.717) is 17.9 Å². The van der Waals surface area contributed by atoms with Crippen molar-refractivity contribution in [1.82, 2.24) is 0 Å². The van der Waals surface area contributed by atoms with Gasteiger partial charge in [0.05, 0.1) is 6.61 Å². The van der Waals surface area contributed by atoms with Gasteiger partial charge in [0.15, 0.2) is 6.29 Å². The average Bonchev–Trinajstić information content (AvgIpc) is 2.75. The van der Waals surface area contributed by atoms with Crippen LogP contribution in [0.3, 0.4) is 0 Å². The fourth-order valence-electron chi connectivity index (χ4n) is 4.90. The maximum atomic E-state index is 6.35. The van der Waals surface area contributed by atoms with E-state index in [9.17, 15) is 0 Å². The number of fused-ring (bicyclic) bond motifs is 1. The van der Waals surface area contributed by atoms with Crippen LogP contribution in [0.1, 0.15) is 90.3 Å². The number of benzene rings is 2. The van der Waals surface area contributed by atoms with Gasteiger partial charge in [0.25, 0.3) is 0 Å². The van der Waals surface area contributed by atoms with E-state index in [1.165, 1.54) is 36.1 Å². The lowest BCUT2D eigenvalue weighted by Crippen LogP contribution is -2.26. The highest BCUT2D eigenvalue weighted by atomic mass is 32.2. The van der Waals surface area contributed by atoms with Crippen LogP contribution in [-0.2, 0) is 17.6 Å². The van der Waals surface area contributed by atoms with Crippen molar-refractivity contribution in [2.75, 3.05) is 12.4 Å². The monoisotopic (exact) mass is 468 g/mol. The summed E-state index contributed by atoms with van der Waals surface area (Å²) in [5.74, 6) is 2.50. The Morgan fingerprint density at radius 3 is 2.18 bits per heavy atom. The van der Waals surface area contributed by atoms with Gasteiger partial charge >= 0.3 is 0 Å². The second kappa shape index (κ2) is 11.3. The molecule has 2 nitrogen and oxygen atoms in total. The standard InChI is InChI=1S/C30H44O2S/c1-22(31-19-20-33-23-13-9-8-10-14-23)32-28-18-17-25(24-15-11-12-16-26(24)28)27(30(5,6)7)21-29(2,3)4/h8-10,13-14,17-18,22,27H,11-12,15-16,19-21H2,1-7H3. The molecule has 2 aromatic carbocycles. The van der Waals surface area contributed by atoms with Gasteiger partial charge in [0.2, 0.25) is 0 Å². The number of thioether (sulfide) groups is 1. The number of rotatable bonds is 9. The van der Waals surface area contributed by atoms with E-state index >= 15 is 0 Å². The summed E-state index contributed by atoms with van der Waals surface area (Å²) in [6.07, 6.45) is 5.75. The second-order valence-corrected chi connectivity index (χ2v) is 12.9. The zero-order valence-electron chi connectivity index (χ0n) is 21.9. The molecule has 182 valence electrons. The largest absolute Gasteiger partial charge is 0.465 e. The Kier molecular flexibility index (Phi) is 8.97. The summed E-state index contributed by atoms with van der Waals surface area (Å²) < 4.78 is 12.4. The van der Waals surface area contributed by atoms with Gasteiger partial charge in [-0.3, -0.25) is 0 Å². The van der Waals surface area contributed by atoms with Gasteiger partial charge in [0.1, 0.15) is 5.75 Å². The normalized spacial score (nSPS) is 16.2. The first-order chi connectivity index (χ1) is 15.5. The second-order valence-electron chi connectivity index (χ2n) is 11.7. The molecule has 0 saturated carbocycles. The minimum absolute atomic E-state index is 0.230. The van der Waals surface area contributed by atoms with Crippen molar-refractivity contribution in [2.45, 2.75) is 97.7 Å². The van der Waals surface area contributed by atoms with Crippen LogP contribution in [0.4, 0.5) is 0 Å². The number of hydrogen-bond acceptors (Lipinski definition) is 3. The molecule has 1 aliphatic carbocycles. The minimum atomic E-state index is -0.244. The summed E-state index contributed by atoms with van der Waals surface area (Å²) in [7, 11) is 0. The van der Waals surface area contributed by atoms with Crippen molar-refractivity contribution in [3.63, 3.8) is 0 Å². The summed E-state index contributed by atoms with van der Waals surface area (Å²) in [5.41, 5.74) is 5.06. The number of ether oxygens (including phenoxy) is 2. The molecule has 3 rings (SSSR count). The van der Waals surface area contributed by atoms with Crippen molar-refractivity contribution in [1.29, 1.82) is 0 Å². The molecule has 0 fully saturated rings. The topological polar surface area (TPSA) is 18.5 Å². The molecule has 0 bridgehead atoms. The fourth-order valence-corrected chi connectivity index (χ4v) is 5.66. The molecule has 1 aliphatic rings. The molecule has 0 saturated heterocycles. The molecule has 2 aromatic rings. The SMILES string of the molecule is CC(OCCSc1ccccc1)Oc1ccc(C(CC(C)(C)C)C(C)(C)C)c2c1CCCC2. The van der Waals surface area contributed by atoms with Gasteiger partial charge in [-0.15, -0.1) is 11.8 Å². The molecule has 0 spiro atoms. The van der Waals surface area contributed by atoms with E-state index in [-0.39, 0.29) is 11.7 Å². The third-order valence-electron chi connectivity index (χ3n) is 6.51. The smallest absolute Gasteiger partial charge is 0.197 e. The average molecular weight is 469 g/mol. The summed E-state index contributed by atoms with van der Waals surface area (Å²) >= 11 is 1.82. The molecule has 0 N–H and O–H groups in total. The molecule has 2 atom stereocenters. The molecule has 2 unspecified atom stereocenters. The maximum absolute atomic E-state index is 6.35. The Labute approximate surface area is 206 Å². The summed E-state index contributed by atoms with van der Waals surface area (Å²) in [6.45, 7) is 17.0. The molecular formula is C30H44O2S. The third kappa shape index (κ3) is 7.79. The van der Waals surface area contributed by atoms with Crippen LogP contribution >= 0.6 is 11.8 Å². The molecule has 0 aromatic heterocycles. The van der Waals surface area contributed by atoms with Crippen LogP contribution in [0, 0.1) is 10.8 Å². The quantitative estimate of drug-likeness (QED) is 0.208. The van der Waals surface area contributed by atoms with Gasteiger partial charge in [-0.1, -0.05) is 65.8 Å². The predicted octanol–water partition coefficient (Wildman–Crippen LogP) is 8.67. The first-order valence-electron chi connectivity index (χ1n) is 12.7. The summed E-state index contributed by atoms with van der Waals surface area (Å²) in [6, 6.07) is 15.1. The van der Waals surface area contributed by atoms with E-state index in [1.807, 2.05) is 18.7 Å². The summed E-state index contributed by atoms with van der Waals surface area (Å²) in [4.78, 5) is 1.28. The Balaban J connectivity index is 1.70. The first kappa shape index (κ1) is 26.2. The zero-order chi connectivity index (χ0) is 24.1. The highest BCUT2D eigenvalue weighted by molar-refractivity contribution is 7.99. The Hall–Kier alpha value is -1.45. The van der Waals surface area contributed by atoms with Crippen LogP contribution < -0.4 is 4.74 Å². The first-order valence-corrected chi connectivity index (χ1v) is 13.6. The van der Waals surface area contributed by atoms with E-state index in [1.54, 1.807) is 11.1 Å². The number of hydrogen-bond donors (Lipinski definition) is 0. The van der Waals surface area contributed by atoms with Gasteiger partial charge < -0.3 is 9.47 Å². The van der Waals surface area contributed by atoms with Gasteiger partial charge in [-0.25, -0.2) is 0 Å². The van der Waals surface area contributed by atoms with Crippen LogP contribution in [0.25, 0.3) is 0 Å². The lowest BCUT2D eigenvalue weighted by Gasteiger charge is -2.38. The molecule has 0 amide bonds. The van der Waals surface area contributed by atoms with Crippen LogP contribution in [0.2, 0.25) is 0 Å². The van der Waals surface area contributed by atoms with E-state index < -0.39 is 0 Å². The minimum Gasteiger partial charge on any atom is -0.465 e. The van der Waals surface area contributed by atoms with Gasteiger partial charge in [-0.05, 0) is 90.7 Å². The lowest BCUT2D eigenvalue weighted by molar-refractivity contribution is -0.0608. The van der Waals surface area contributed by atoms with E-state index in [4.69, 9.17) is 9.47 Å². The van der Waals surface area contributed by atoms with Crippen LogP contribution in [-0.4, -0.2) is 18.6 Å². The summed E-state index contributed by atoms with van der Waals surface area (Å²) in [5, 5.41) is 0. The highest BCUT2D eigenvalue weighted by Crippen LogP contribution is 2.47. The predicted molar refractivity (Wildman–Crippen MR) is 143 cm³/mol. The Morgan fingerprint density at radius 1 is 0.879 bits per heavy atom. The zero-order valence-corrected chi connectivity index (χ0v) is 22.7. The fraction of sp³-hybridized carbons (Fsp3) is 0.600. The van der Waals surface area contributed by atoms with E-state index in [0.717, 1.165) is 17.9 Å². The van der Waals surface area contributed by atoms with Gasteiger partial charge in [0, 0.05) is 10.6 Å². The third-order valence-corrected chi connectivity index (χ3v) is 7.48. The van der Waals surface area contributed by atoms with Crippen LogP contribution in [0.5, 0.6) is 5.75 Å². The molecule has 0 radical (unpaired) electrons. The van der Waals surface area contributed by atoms with Crippen molar-refractivity contribution in [3.05, 3.63) is 59.2 Å². The molecule has 3 heteroatoms. The molecular weight excluding hydrogens is 424 g/mol. The van der Waals surface area contributed by atoms with Crippen molar-refractivity contribution in [3.8, 4) is 5.75 Å². The Morgan fingerprint density at radius 2 is 1.55 bits per heavy atom. The highest BCUT2D eigenvalue weighted by Gasteiger charge is 2.33. The van der Waals surface area contributed by atoms with Gasteiger partial charge in [-0.2, -0.15) is 0 Å². The van der Waals surface area contributed by atoms with Crippen LogP contribution in [0.15, 0.2) is 47.4 Å². The van der Waals surface area contributed by atoms with E-state index in [2.05, 4.69) is 84.0 Å². The van der Waals surface area contributed by atoms with Crippen molar-refractivity contribution in [2.24, 2.45) is 10.8 Å². The molecule has 0 aliphatic heterocycles. The lowest BCUT2D eigenvalue weighted by atomic mass is 9.67. The maximum Gasteiger partial charge on any atom is 0.197 e. The Bertz CT molecular complexity index is 877.